The summed E-state index contributed by atoms with van der Waals surface area (Å²) in [6.45, 7) is 0. The number of nitrogens with zero attached hydrogens (tertiary/aromatic N) is 1. The highest BCUT2D eigenvalue weighted by Gasteiger charge is 2.23. The van der Waals surface area contributed by atoms with Gasteiger partial charge < -0.3 is 9.47 Å². The summed E-state index contributed by atoms with van der Waals surface area (Å²) >= 11 is 5.77. The topological polar surface area (TPSA) is 78.7 Å². The normalized spacial score (nSPS) is 11.7. The Kier molecular flexibility index (Phi) is 5.08. The monoisotopic (exact) mass is 321 g/mol. The van der Waals surface area contributed by atoms with Gasteiger partial charge in [-0.3, -0.25) is 10.1 Å². The van der Waals surface area contributed by atoms with E-state index in [1.165, 1.54) is 25.3 Å². The van der Waals surface area contributed by atoms with Crippen molar-refractivity contribution in [2.24, 2.45) is 0 Å². The number of halogens is 1. The van der Waals surface area contributed by atoms with E-state index in [-0.39, 0.29) is 16.5 Å². The number of carbonyl (C=O) groups excluding carboxylic acids is 1. The quantitative estimate of drug-likeness (QED) is 0.364. The summed E-state index contributed by atoms with van der Waals surface area (Å²) < 4.78 is 10.3. The van der Waals surface area contributed by atoms with Gasteiger partial charge in [-0.1, -0.05) is 41.9 Å². The molecule has 0 saturated heterocycles. The van der Waals surface area contributed by atoms with Gasteiger partial charge in [-0.2, -0.15) is 0 Å². The maximum absolute atomic E-state index is 12.2. The van der Waals surface area contributed by atoms with Crippen molar-refractivity contribution in [2.45, 2.75) is 6.10 Å². The van der Waals surface area contributed by atoms with E-state index in [0.29, 0.717) is 5.56 Å². The van der Waals surface area contributed by atoms with Gasteiger partial charge in [0.05, 0.1) is 4.92 Å². The zero-order chi connectivity index (χ0) is 16.1. The van der Waals surface area contributed by atoms with Crippen molar-refractivity contribution in [1.29, 1.82) is 0 Å². The van der Waals surface area contributed by atoms with Gasteiger partial charge in [-0.25, -0.2) is 4.79 Å². The van der Waals surface area contributed by atoms with Gasteiger partial charge >= 0.3 is 5.97 Å². The summed E-state index contributed by atoms with van der Waals surface area (Å²) in [4.78, 5) is 22.2. The number of methoxy groups -OCH3 is 1. The van der Waals surface area contributed by atoms with Crippen molar-refractivity contribution in [3.05, 3.63) is 69.2 Å². The lowest BCUT2D eigenvalue weighted by molar-refractivity contribution is -0.384. The van der Waals surface area contributed by atoms with Crippen molar-refractivity contribution in [1.82, 2.24) is 0 Å². The summed E-state index contributed by atoms with van der Waals surface area (Å²) in [5.74, 6) is -0.530. The molecule has 0 aliphatic heterocycles. The van der Waals surface area contributed by atoms with Crippen LogP contribution in [0.15, 0.2) is 48.5 Å². The fourth-order valence-corrected chi connectivity index (χ4v) is 2.10. The number of nitro benzene ring substituents is 1. The molecule has 0 saturated carbocycles. The lowest BCUT2D eigenvalue weighted by Gasteiger charge is -2.14. The second-order valence-electron chi connectivity index (χ2n) is 4.32. The van der Waals surface area contributed by atoms with Crippen LogP contribution >= 0.6 is 11.6 Å². The van der Waals surface area contributed by atoms with Gasteiger partial charge in [0.1, 0.15) is 10.8 Å². The molecule has 0 amide bonds. The first-order chi connectivity index (χ1) is 10.5. The first-order valence-corrected chi connectivity index (χ1v) is 6.64. The predicted molar refractivity (Wildman–Crippen MR) is 79.9 cm³/mol. The maximum atomic E-state index is 12.2. The van der Waals surface area contributed by atoms with E-state index >= 15 is 0 Å². The third kappa shape index (κ3) is 3.60. The van der Waals surface area contributed by atoms with Gasteiger partial charge in [0.2, 0.25) is 0 Å². The second-order valence-corrected chi connectivity index (χ2v) is 4.73. The minimum absolute atomic E-state index is 0.107. The molecule has 2 rings (SSSR count). The fourth-order valence-electron chi connectivity index (χ4n) is 1.87. The van der Waals surface area contributed by atoms with Gasteiger partial charge in [0, 0.05) is 19.2 Å². The molecular weight excluding hydrogens is 310 g/mol. The Bertz CT molecular complexity index is 690. The molecule has 6 nitrogen and oxygen atoms in total. The number of hydrogen-bond donors (Lipinski definition) is 0. The molecule has 1 unspecified atom stereocenters. The highest BCUT2D eigenvalue weighted by molar-refractivity contribution is 6.32. The molecule has 0 bridgehead atoms. The van der Waals surface area contributed by atoms with E-state index in [0.717, 1.165) is 0 Å². The fraction of sp³-hybridized carbons (Fsp3) is 0.133. The van der Waals surface area contributed by atoms with Crippen LogP contribution < -0.4 is 4.74 Å². The molecule has 0 heterocycles. The number of rotatable bonds is 5. The van der Waals surface area contributed by atoms with E-state index < -0.39 is 17.0 Å². The average Bonchev–Trinajstić information content (AvgIpc) is 2.48. The van der Waals surface area contributed by atoms with Crippen LogP contribution in [-0.4, -0.2) is 18.0 Å². The molecule has 2 aromatic carbocycles. The van der Waals surface area contributed by atoms with Crippen LogP contribution in [0.5, 0.6) is 5.75 Å². The van der Waals surface area contributed by atoms with Gasteiger partial charge in [0.15, 0.2) is 6.10 Å². The first-order valence-electron chi connectivity index (χ1n) is 6.26. The highest BCUT2D eigenvalue weighted by atomic mass is 35.5. The Morgan fingerprint density at radius 2 is 1.91 bits per heavy atom. The minimum atomic E-state index is -0.893. The number of carbonyl (C=O) groups is 1. The Labute approximate surface area is 131 Å². The van der Waals surface area contributed by atoms with Crippen molar-refractivity contribution in [3.63, 3.8) is 0 Å². The average molecular weight is 322 g/mol. The number of nitro groups is 1. The molecular formula is C15H12ClNO5. The van der Waals surface area contributed by atoms with E-state index in [4.69, 9.17) is 21.1 Å². The molecule has 7 heteroatoms. The molecule has 1 atom stereocenters. The van der Waals surface area contributed by atoms with E-state index in [1.807, 2.05) is 6.07 Å². The summed E-state index contributed by atoms with van der Waals surface area (Å²) in [6, 6.07) is 12.5. The van der Waals surface area contributed by atoms with Gasteiger partial charge in [-0.15, -0.1) is 0 Å². The van der Waals surface area contributed by atoms with E-state index in [9.17, 15) is 14.9 Å². The standard InChI is InChI=1S/C15H12ClNO5/c1-21-14(10-5-3-2-4-6-10)15(18)22-11-7-8-13(17(19)20)12(16)9-11/h2-9,14H,1H3. The van der Waals surface area contributed by atoms with Crippen LogP contribution in [0.3, 0.4) is 0 Å². The minimum Gasteiger partial charge on any atom is -0.424 e. The van der Waals surface area contributed by atoms with Crippen molar-refractivity contribution in [3.8, 4) is 5.75 Å². The van der Waals surface area contributed by atoms with Crippen LogP contribution in [0.4, 0.5) is 5.69 Å². The number of benzene rings is 2. The lowest BCUT2D eigenvalue weighted by Crippen LogP contribution is -2.20. The SMILES string of the molecule is COC(C(=O)Oc1ccc([N+](=O)[O-])c(Cl)c1)c1ccccc1. The number of esters is 1. The molecule has 0 fully saturated rings. The van der Waals surface area contributed by atoms with Crippen molar-refractivity contribution < 1.29 is 19.2 Å². The van der Waals surface area contributed by atoms with E-state index in [2.05, 4.69) is 0 Å². The van der Waals surface area contributed by atoms with Crippen molar-refractivity contribution in [2.75, 3.05) is 7.11 Å². The maximum Gasteiger partial charge on any atom is 0.345 e. The number of hydrogen-bond acceptors (Lipinski definition) is 5. The molecule has 0 aromatic heterocycles. The van der Waals surface area contributed by atoms with Gasteiger partial charge in [-0.05, 0) is 11.6 Å². The lowest BCUT2D eigenvalue weighted by atomic mass is 10.1. The number of ether oxygens (including phenoxy) is 2. The Hall–Kier alpha value is -2.44. The Morgan fingerprint density at radius 1 is 1.23 bits per heavy atom. The molecule has 0 aliphatic carbocycles. The largest absolute Gasteiger partial charge is 0.424 e. The van der Waals surface area contributed by atoms with E-state index in [1.54, 1.807) is 24.3 Å². The van der Waals surface area contributed by atoms with Crippen LogP contribution in [0.1, 0.15) is 11.7 Å². The summed E-state index contributed by atoms with van der Waals surface area (Å²) in [7, 11) is 1.39. The smallest absolute Gasteiger partial charge is 0.345 e. The Balaban J connectivity index is 2.17. The summed E-state index contributed by atoms with van der Waals surface area (Å²) in [5, 5.41) is 10.6. The molecule has 114 valence electrons. The summed E-state index contributed by atoms with van der Waals surface area (Å²) in [6.07, 6.45) is -0.893. The zero-order valence-corrected chi connectivity index (χ0v) is 12.3. The van der Waals surface area contributed by atoms with Crippen LogP contribution in [0.25, 0.3) is 0 Å². The second kappa shape index (κ2) is 7.02. The summed E-state index contributed by atoms with van der Waals surface area (Å²) in [5.41, 5.74) is 0.385. The first kappa shape index (κ1) is 15.9. The van der Waals surface area contributed by atoms with Crippen LogP contribution in [-0.2, 0) is 9.53 Å². The molecule has 0 aliphatic rings. The zero-order valence-electron chi connectivity index (χ0n) is 11.6. The Morgan fingerprint density at radius 3 is 2.45 bits per heavy atom. The molecule has 2 aromatic rings. The predicted octanol–water partition coefficient (Wildman–Crippen LogP) is 3.54. The molecule has 0 N–H and O–H groups in total. The third-order valence-corrected chi connectivity index (χ3v) is 3.19. The van der Waals surface area contributed by atoms with Crippen LogP contribution in [0, 0.1) is 10.1 Å². The third-order valence-electron chi connectivity index (χ3n) is 2.89. The molecule has 22 heavy (non-hydrogen) atoms. The molecule has 0 spiro atoms. The highest BCUT2D eigenvalue weighted by Crippen LogP contribution is 2.29. The van der Waals surface area contributed by atoms with Crippen molar-refractivity contribution >= 4 is 23.3 Å². The van der Waals surface area contributed by atoms with Gasteiger partial charge in [0.25, 0.3) is 5.69 Å². The van der Waals surface area contributed by atoms with Crippen LogP contribution in [0.2, 0.25) is 5.02 Å². The molecule has 0 radical (unpaired) electrons.